The van der Waals surface area contributed by atoms with Crippen LogP contribution in [0, 0.1) is 11.7 Å². The zero-order valence-corrected chi connectivity index (χ0v) is 10.6. The number of aliphatic hydroxyl groups excluding tert-OH is 1. The second-order valence-corrected chi connectivity index (χ2v) is 4.50. The molecule has 1 aromatic heterocycles. The largest absolute Gasteiger partial charge is 0.391 e. The number of anilines is 1. The smallest absolute Gasteiger partial charge is 0.186 e. The van der Waals surface area contributed by atoms with Crippen molar-refractivity contribution in [1.82, 2.24) is 9.97 Å². The van der Waals surface area contributed by atoms with Crippen LogP contribution in [0.15, 0.2) is 6.33 Å². The molecule has 96 valence electrons. The zero-order chi connectivity index (χ0) is 12.8. The van der Waals surface area contributed by atoms with Gasteiger partial charge in [-0.15, -0.1) is 0 Å². The molecule has 1 unspecified atom stereocenters. The van der Waals surface area contributed by atoms with Crippen LogP contribution in [0.4, 0.5) is 10.2 Å². The summed E-state index contributed by atoms with van der Waals surface area (Å²) in [6.45, 7) is 6.20. The van der Waals surface area contributed by atoms with E-state index in [1.54, 1.807) is 0 Å². The van der Waals surface area contributed by atoms with E-state index in [0.29, 0.717) is 31.0 Å². The molecule has 0 amide bonds. The van der Waals surface area contributed by atoms with Crippen LogP contribution in [0.1, 0.15) is 32.9 Å². The van der Waals surface area contributed by atoms with Crippen molar-refractivity contribution in [2.75, 3.05) is 11.9 Å². The highest BCUT2D eigenvalue weighted by Gasteiger charge is 2.11. The van der Waals surface area contributed by atoms with Crippen LogP contribution in [0.5, 0.6) is 0 Å². The molecule has 2 N–H and O–H groups in total. The third kappa shape index (κ3) is 4.26. The predicted octanol–water partition coefficient (Wildman–Crippen LogP) is 2.00. The van der Waals surface area contributed by atoms with Crippen molar-refractivity contribution >= 4 is 5.82 Å². The quantitative estimate of drug-likeness (QED) is 0.799. The van der Waals surface area contributed by atoms with Gasteiger partial charge in [-0.3, -0.25) is 0 Å². The Morgan fingerprint density at radius 1 is 1.41 bits per heavy atom. The lowest BCUT2D eigenvalue weighted by molar-refractivity contribution is 0.161. The number of aliphatic hydroxyl groups is 1. The topological polar surface area (TPSA) is 58.0 Å². The minimum absolute atomic E-state index is 0.166. The van der Waals surface area contributed by atoms with Crippen LogP contribution < -0.4 is 5.32 Å². The molecule has 0 aliphatic rings. The molecule has 1 heterocycles. The van der Waals surface area contributed by atoms with Gasteiger partial charge in [0, 0.05) is 6.54 Å². The minimum Gasteiger partial charge on any atom is -0.391 e. The molecule has 0 saturated carbocycles. The molecule has 0 aliphatic carbocycles. The molecule has 0 spiro atoms. The molecule has 4 nitrogen and oxygen atoms in total. The highest BCUT2D eigenvalue weighted by Crippen LogP contribution is 2.13. The Balaban J connectivity index is 2.57. The van der Waals surface area contributed by atoms with Gasteiger partial charge in [0.25, 0.3) is 0 Å². The van der Waals surface area contributed by atoms with E-state index >= 15 is 0 Å². The fourth-order valence-corrected chi connectivity index (χ4v) is 1.62. The highest BCUT2D eigenvalue weighted by atomic mass is 19.1. The van der Waals surface area contributed by atoms with Gasteiger partial charge in [-0.25, -0.2) is 14.4 Å². The fourth-order valence-electron chi connectivity index (χ4n) is 1.62. The Hall–Kier alpha value is -1.23. The Labute approximate surface area is 101 Å². The third-order valence-corrected chi connectivity index (χ3v) is 2.45. The normalized spacial score (nSPS) is 12.8. The highest BCUT2D eigenvalue weighted by molar-refractivity contribution is 5.37. The molecular weight excluding hydrogens is 221 g/mol. The number of aryl methyl sites for hydroxylation is 1. The van der Waals surface area contributed by atoms with Crippen LogP contribution in [-0.2, 0) is 6.42 Å². The van der Waals surface area contributed by atoms with Gasteiger partial charge in [0.05, 0.1) is 11.8 Å². The van der Waals surface area contributed by atoms with E-state index in [0.717, 1.165) is 0 Å². The molecule has 0 saturated heterocycles. The van der Waals surface area contributed by atoms with Crippen molar-refractivity contribution in [3.8, 4) is 0 Å². The van der Waals surface area contributed by atoms with Crippen molar-refractivity contribution < 1.29 is 9.50 Å². The van der Waals surface area contributed by atoms with Crippen molar-refractivity contribution in [2.45, 2.75) is 39.7 Å². The van der Waals surface area contributed by atoms with E-state index in [9.17, 15) is 9.50 Å². The second-order valence-electron chi connectivity index (χ2n) is 4.50. The van der Waals surface area contributed by atoms with E-state index in [1.807, 2.05) is 20.8 Å². The molecule has 1 rings (SSSR count). The van der Waals surface area contributed by atoms with Crippen molar-refractivity contribution in [3.05, 3.63) is 17.8 Å². The van der Waals surface area contributed by atoms with E-state index in [1.165, 1.54) is 6.33 Å². The zero-order valence-electron chi connectivity index (χ0n) is 10.6. The maximum atomic E-state index is 13.7. The molecule has 1 aromatic rings. The molecule has 0 radical (unpaired) electrons. The Kier molecular flexibility index (Phi) is 5.28. The summed E-state index contributed by atoms with van der Waals surface area (Å²) in [7, 11) is 0. The van der Waals surface area contributed by atoms with Crippen molar-refractivity contribution in [3.63, 3.8) is 0 Å². The Morgan fingerprint density at radius 3 is 2.71 bits per heavy atom. The molecule has 0 aliphatic heterocycles. The summed E-state index contributed by atoms with van der Waals surface area (Å²) in [5.74, 6) is 0.152. The van der Waals surface area contributed by atoms with Crippen LogP contribution in [-0.4, -0.2) is 27.7 Å². The van der Waals surface area contributed by atoms with E-state index in [-0.39, 0.29) is 5.82 Å². The average molecular weight is 241 g/mol. The fraction of sp³-hybridized carbons (Fsp3) is 0.667. The summed E-state index contributed by atoms with van der Waals surface area (Å²) in [6.07, 6.45) is 2.05. The minimum atomic E-state index is -0.491. The maximum Gasteiger partial charge on any atom is 0.186 e. The molecule has 1 atom stereocenters. The van der Waals surface area contributed by atoms with Crippen molar-refractivity contribution in [1.29, 1.82) is 0 Å². The first-order valence-corrected chi connectivity index (χ1v) is 5.95. The standard InChI is InChI=1S/C12H20FN3O/c1-4-10-11(13)12(16-7-15-10)14-6-9(17)5-8(2)3/h7-9,17H,4-6H2,1-3H3,(H,14,15,16). The van der Waals surface area contributed by atoms with Crippen LogP contribution in [0.3, 0.4) is 0 Å². The molecule has 0 bridgehead atoms. The first-order valence-electron chi connectivity index (χ1n) is 5.95. The summed E-state index contributed by atoms with van der Waals surface area (Å²) in [5, 5.41) is 12.5. The maximum absolute atomic E-state index is 13.7. The number of halogens is 1. The SMILES string of the molecule is CCc1ncnc(NCC(O)CC(C)C)c1F. The van der Waals surface area contributed by atoms with Gasteiger partial charge in [-0.1, -0.05) is 20.8 Å². The number of hydrogen-bond donors (Lipinski definition) is 2. The van der Waals surface area contributed by atoms with Crippen LogP contribution >= 0.6 is 0 Å². The van der Waals surface area contributed by atoms with Gasteiger partial charge < -0.3 is 10.4 Å². The summed E-state index contributed by atoms with van der Waals surface area (Å²) in [6, 6.07) is 0. The summed E-state index contributed by atoms with van der Waals surface area (Å²) < 4.78 is 13.7. The number of nitrogens with one attached hydrogen (secondary N) is 1. The molecular formula is C12H20FN3O. The van der Waals surface area contributed by atoms with E-state index in [4.69, 9.17) is 0 Å². The predicted molar refractivity (Wildman–Crippen MR) is 65.3 cm³/mol. The monoisotopic (exact) mass is 241 g/mol. The Bertz CT molecular complexity index is 358. The van der Waals surface area contributed by atoms with Gasteiger partial charge in [-0.05, 0) is 18.8 Å². The number of aromatic nitrogens is 2. The molecule has 0 fully saturated rings. The number of rotatable bonds is 6. The van der Waals surface area contributed by atoms with Crippen LogP contribution in [0.2, 0.25) is 0 Å². The van der Waals surface area contributed by atoms with Crippen molar-refractivity contribution in [2.24, 2.45) is 5.92 Å². The van der Waals surface area contributed by atoms with Gasteiger partial charge in [0.15, 0.2) is 11.6 Å². The molecule has 5 heteroatoms. The van der Waals surface area contributed by atoms with E-state index < -0.39 is 11.9 Å². The summed E-state index contributed by atoms with van der Waals surface area (Å²) >= 11 is 0. The summed E-state index contributed by atoms with van der Waals surface area (Å²) in [5.41, 5.74) is 0.390. The van der Waals surface area contributed by atoms with Gasteiger partial charge in [0.2, 0.25) is 0 Å². The molecule has 0 aromatic carbocycles. The molecule has 17 heavy (non-hydrogen) atoms. The first-order chi connectivity index (χ1) is 8.04. The summed E-state index contributed by atoms with van der Waals surface area (Å²) in [4.78, 5) is 7.67. The second kappa shape index (κ2) is 6.49. The number of hydrogen-bond acceptors (Lipinski definition) is 4. The lowest BCUT2D eigenvalue weighted by Crippen LogP contribution is -2.22. The van der Waals surface area contributed by atoms with Crippen LogP contribution in [0.25, 0.3) is 0 Å². The van der Waals surface area contributed by atoms with Gasteiger partial charge in [-0.2, -0.15) is 0 Å². The Morgan fingerprint density at radius 2 is 2.12 bits per heavy atom. The third-order valence-electron chi connectivity index (χ3n) is 2.45. The number of nitrogens with zero attached hydrogens (tertiary/aromatic N) is 2. The van der Waals surface area contributed by atoms with E-state index in [2.05, 4.69) is 15.3 Å². The lowest BCUT2D eigenvalue weighted by Gasteiger charge is -2.14. The van der Waals surface area contributed by atoms with Gasteiger partial charge >= 0.3 is 0 Å². The van der Waals surface area contributed by atoms with Gasteiger partial charge in [0.1, 0.15) is 6.33 Å². The lowest BCUT2D eigenvalue weighted by atomic mass is 10.1. The first kappa shape index (κ1) is 13.8. The average Bonchev–Trinajstić information content (AvgIpc) is 2.27.